The van der Waals surface area contributed by atoms with E-state index in [1.54, 1.807) is 11.9 Å². The predicted molar refractivity (Wildman–Crippen MR) is 70.6 cm³/mol. The Labute approximate surface area is 113 Å². The Hall–Kier alpha value is -1.14. The number of hydrogen-bond donors (Lipinski definition) is 2. The van der Waals surface area contributed by atoms with Crippen LogP contribution in [0.3, 0.4) is 0 Å². The first-order chi connectivity index (χ1) is 9.14. The zero-order valence-electron chi connectivity index (χ0n) is 11.7. The van der Waals surface area contributed by atoms with E-state index in [0.29, 0.717) is 26.3 Å². The maximum Gasteiger partial charge on any atom is 0.244 e. The van der Waals surface area contributed by atoms with Gasteiger partial charge < -0.3 is 20.3 Å². The third-order valence-electron chi connectivity index (χ3n) is 4.31. The van der Waals surface area contributed by atoms with Gasteiger partial charge in [0.1, 0.15) is 6.04 Å². The molecule has 2 aliphatic rings. The number of morpholine rings is 1. The molecular weight excluding hydrogens is 246 g/mol. The van der Waals surface area contributed by atoms with Gasteiger partial charge in [-0.1, -0.05) is 6.92 Å². The van der Waals surface area contributed by atoms with E-state index in [2.05, 4.69) is 10.6 Å². The number of amides is 2. The smallest absolute Gasteiger partial charge is 0.244 e. The Bertz CT molecular complexity index is 353. The first-order valence-electron chi connectivity index (χ1n) is 6.96. The molecule has 2 fully saturated rings. The first-order valence-corrected chi connectivity index (χ1v) is 6.96. The van der Waals surface area contributed by atoms with Crippen molar-refractivity contribution in [2.24, 2.45) is 5.41 Å². The van der Waals surface area contributed by atoms with Gasteiger partial charge in [0.25, 0.3) is 0 Å². The van der Waals surface area contributed by atoms with Crippen molar-refractivity contribution in [3.8, 4) is 0 Å². The fourth-order valence-electron chi connectivity index (χ4n) is 2.91. The van der Waals surface area contributed by atoms with Gasteiger partial charge in [-0.05, 0) is 19.4 Å². The number of carbonyl (C=O) groups excluding carboxylic acids is 2. The monoisotopic (exact) mass is 269 g/mol. The fourth-order valence-corrected chi connectivity index (χ4v) is 2.91. The van der Waals surface area contributed by atoms with Gasteiger partial charge in [-0.3, -0.25) is 9.59 Å². The van der Waals surface area contributed by atoms with Crippen LogP contribution in [0, 0.1) is 5.41 Å². The molecule has 2 rings (SSSR count). The van der Waals surface area contributed by atoms with Crippen LogP contribution in [0.4, 0.5) is 0 Å². The molecule has 0 spiro atoms. The summed E-state index contributed by atoms with van der Waals surface area (Å²) in [4.78, 5) is 26.4. The summed E-state index contributed by atoms with van der Waals surface area (Å²) in [7, 11) is 1.59. The second-order valence-corrected chi connectivity index (χ2v) is 5.26. The third-order valence-corrected chi connectivity index (χ3v) is 4.31. The summed E-state index contributed by atoms with van der Waals surface area (Å²) in [5, 5.41) is 5.88. The van der Waals surface area contributed by atoms with Crippen LogP contribution < -0.4 is 10.6 Å². The number of carbonyl (C=O) groups is 2. The minimum absolute atomic E-state index is 0.0944. The second kappa shape index (κ2) is 5.88. The van der Waals surface area contributed by atoms with Crippen molar-refractivity contribution < 1.29 is 14.3 Å². The van der Waals surface area contributed by atoms with E-state index in [9.17, 15) is 9.59 Å². The molecule has 19 heavy (non-hydrogen) atoms. The quantitative estimate of drug-likeness (QED) is 0.714. The average Bonchev–Trinajstić information content (AvgIpc) is 2.95. The van der Waals surface area contributed by atoms with Gasteiger partial charge in [0, 0.05) is 20.1 Å². The lowest BCUT2D eigenvalue weighted by Crippen LogP contribution is -2.59. The number of likely N-dealkylation sites (N-methyl/N-ethyl adjacent to an activating group) is 1. The molecule has 2 atom stereocenters. The van der Waals surface area contributed by atoms with Crippen molar-refractivity contribution in [2.75, 3.05) is 39.9 Å². The zero-order chi connectivity index (χ0) is 13.9. The number of nitrogens with one attached hydrogen (secondary N) is 2. The molecule has 0 saturated carbocycles. The number of rotatable bonds is 3. The summed E-state index contributed by atoms with van der Waals surface area (Å²) in [6.45, 7) is 4.92. The summed E-state index contributed by atoms with van der Waals surface area (Å²) in [5.74, 6) is -0.0536. The summed E-state index contributed by atoms with van der Waals surface area (Å²) in [6.07, 6.45) is 1.65. The van der Waals surface area contributed by atoms with E-state index in [1.165, 1.54) is 0 Å². The molecule has 2 aliphatic heterocycles. The maximum atomic E-state index is 12.8. The van der Waals surface area contributed by atoms with Crippen molar-refractivity contribution in [1.82, 2.24) is 15.5 Å². The summed E-state index contributed by atoms with van der Waals surface area (Å²) < 4.78 is 5.34. The van der Waals surface area contributed by atoms with Crippen LogP contribution >= 0.6 is 0 Å². The Morgan fingerprint density at radius 1 is 1.53 bits per heavy atom. The van der Waals surface area contributed by atoms with Gasteiger partial charge in [0.05, 0.1) is 18.6 Å². The molecule has 2 heterocycles. The summed E-state index contributed by atoms with van der Waals surface area (Å²) >= 11 is 0. The van der Waals surface area contributed by atoms with Gasteiger partial charge in [0.15, 0.2) is 0 Å². The molecule has 0 radical (unpaired) electrons. The van der Waals surface area contributed by atoms with Crippen LogP contribution in [-0.2, 0) is 14.3 Å². The molecule has 2 N–H and O–H groups in total. The highest BCUT2D eigenvalue weighted by molar-refractivity contribution is 5.90. The molecule has 0 aromatic heterocycles. The van der Waals surface area contributed by atoms with Gasteiger partial charge in [-0.25, -0.2) is 0 Å². The van der Waals surface area contributed by atoms with Crippen molar-refractivity contribution in [3.05, 3.63) is 0 Å². The number of nitrogens with zero attached hydrogens (tertiary/aromatic N) is 1. The second-order valence-electron chi connectivity index (χ2n) is 5.26. The minimum atomic E-state index is -0.490. The lowest BCUT2D eigenvalue weighted by Gasteiger charge is -2.39. The molecule has 6 nitrogen and oxygen atoms in total. The number of ether oxygens (including phenoxy) is 1. The molecule has 0 aromatic carbocycles. The lowest BCUT2D eigenvalue weighted by atomic mass is 9.82. The van der Waals surface area contributed by atoms with E-state index in [0.717, 1.165) is 19.4 Å². The molecule has 108 valence electrons. The van der Waals surface area contributed by atoms with Crippen LogP contribution in [0.2, 0.25) is 0 Å². The Balaban J connectivity index is 2.17. The molecule has 0 aromatic rings. The number of hydrogen-bond acceptors (Lipinski definition) is 4. The molecule has 0 bridgehead atoms. The Kier molecular flexibility index (Phi) is 4.42. The standard InChI is InChI=1S/C13H23N3O3/c1-3-13(4-5-15-9-13)12(18)16-6-7-19-8-10(16)11(17)14-2/h10,15H,3-9H2,1-2H3,(H,14,17). The van der Waals surface area contributed by atoms with Crippen molar-refractivity contribution in [2.45, 2.75) is 25.8 Å². The van der Waals surface area contributed by atoms with Crippen LogP contribution in [0.1, 0.15) is 19.8 Å². The molecule has 2 saturated heterocycles. The molecule has 0 aliphatic carbocycles. The van der Waals surface area contributed by atoms with Crippen LogP contribution in [0.5, 0.6) is 0 Å². The third kappa shape index (κ3) is 2.60. The van der Waals surface area contributed by atoms with Crippen LogP contribution in [0.25, 0.3) is 0 Å². The summed E-state index contributed by atoms with van der Waals surface area (Å²) in [6, 6.07) is -0.490. The van der Waals surface area contributed by atoms with Gasteiger partial charge in [-0.15, -0.1) is 0 Å². The van der Waals surface area contributed by atoms with E-state index in [4.69, 9.17) is 4.74 Å². The molecule has 6 heteroatoms. The van der Waals surface area contributed by atoms with E-state index < -0.39 is 6.04 Å². The zero-order valence-corrected chi connectivity index (χ0v) is 11.7. The largest absolute Gasteiger partial charge is 0.377 e. The minimum Gasteiger partial charge on any atom is -0.377 e. The van der Waals surface area contributed by atoms with Crippen LogP contribution in [-0.4, -0.2) is 62.7 Å². The normalized spacial score (nSPS) is 31.3. The average molecular weight is 269 g/mol. The van der Waals surface area contributed by atoms with Crippen molar-refractivity contribution in [1.29, 1.82) is 0 Å². The van der Waals surface area contributed by atoms with Crippen LogP contribution in [0.15, 0.2) is 0 Å². The van der Waals surface area contributed by atoms with E-state index in [1.807, 2.05) is 6.92 Å². The SMILES string of the molecule is CCC1(C(=O)N2CCOCC2C(=O)NC)CCNC1. The van der Waals surface area contributed by atoms with Crippen molar-refractivity contribution >= 4 is 11.8 Å². The topological polar surface area (TPSA) is 70.7 Å². The fraction of sp³-hybridized carbons (Fsp3) is 0.846. The van der Waals surface area contributed by atoms with Gasteiger partial charge in [-0.2, -0.15) is 0 Å². The van der Waals surface area contributed by atoms with E-state index >= 15 is 0 Å². The Morgan fingerprint density at radius 2 is 2.32 bits per heavy atom. The highest BCUT2D eigenvalue weighted by Gasteiger charge is 2.45. The molecule has 2 unspecified atom stereocenters. The van der Waals surface area contributed by atoms with Gasteiger partial charge in [0.2, 0.25) is 11.8 Å². The highest BCUT2D eigenvalue weighted by Crippen LogP contribution is 2.32. The van der Waals surface area contributed by atoms with Gasteiger partial charge >= 0.3 is 0 Å². The first kappa shape index (κ1) is 14.3. The summed E-state index contributed by atoms with van der Waals surface area (Å²) in [5.41, 5.74) is -0.344. The molecule has 2 amide bonds. The predicted octanol–water partition coefficient (Wildman–Crippen LogP) is -0.650. The van der Waals surface area contributed by atoms with Crippen molar-refractivity contribution in [3.63, 3.8) is 0 Å². The lowest BCUT2D eigenvalue weighted by molar-refractivity contribution is -0.155. The Morgan fingerprint density at radius 3 is 2.89 bits per heavy atom. The maximum absolute atomic E-state index is 12.8. The van der Waals surface area contributed by atoms with E-state index in [-0.39, 0.29) is 17.2 Å². The molecular formula is C13H23N3O3. The highest BCUT2D eigenvalue weighted by atomic mass is 16.5.